The Balaban J connectivity index is 1.37. The highest BCUT2D eigenvalue weighted by atomic mass is 16.2. The molecule has 1 aliphatic heterocycles. The number of hydrogen-bond donors (Lipinski definition) is 2. The van der Waals surface area contributed by atoms with Gasteiger partial charge in [-0.05, 0) is 36.6 Å². The first-order valence-corrected chi connectivity index (χ1v) is 11.4. The standard InChI is InChI=1S/C25H28N6O2/c1-15(2)12-20(24-26-19-10-6-7-11-21(19)30(24)3)27-25(33)16-13-22(32)31(14-16)23-17-8-4-5-9-18(17)28-29-23/h4-11,15-16,20H,12-14H2,1-3H3,(H,27,33)(H,28,29). The molecule has 170 valence electrons. The van der Waals surface area contributed by atoms with Crippen LogP contribution in [0.3, 0.4) is 0 Å². The molecule has 8 nitrogen and oxygen atoms in total. The van der Waals surface area contributed by atoms with Crippen LogP contribution in [0.4, 0.5) is 5.82 Å². The Hall–Kier alpha value is -3.68. The number of nitrogens with one attached hydrogen (secondary N) is 2. The lowest BCUT2D eigenvalue weighted by atomic mass is 10.0. The molecule has 0 saturated carbocycles. The fourth-order valence-electron chi connectivity index (χ4n) is 4.71. The number of carbonyl (C=O) groups excluding carboxylic acids is 2. The highest BCUT2D eigenvalue weighted by Crippen LogP contribution is 2.31. The number of aromatic amines is 1. The monoisotopic (exact) mass is 444 g/mol. The number of aryl methyl sites for hydroxylation is 1. The Morgan fingerprint density at radius 3 is 2.73 bits per heavy atom. The summed E-state index contributed by atoms with van der Waals surface area (Å²) in [5.74, 6) is 1.14. The lowest BCUT2D eigenvalue weighted by molar-refractivity contribution is -0.127. The molecule has 2 aromatic heterocycles. The van der Waals surface area contributed by atoms with E-state index in [9.17, 15) is 9.59 Å². The number of rotatable bonds is 6. The van der Waals surface area contributed by atoms with E-state index in [0.717, 1.165) is 34.2 Å². The first kappa shape index (κ1) is 21.2. The van der Waals surface area contributed by atoms with Crippen LogP contribution >= 0.6 is 0 Å². The molecule has 2 atom stereocenters. The van der Waals surface area contributed by atoms with Gasteiger partial charge < -0.3 is 9.88 Å². The van der Waals surface area contributed by atoms with Gasteiger partial charge in [-0.15, -0.1) is 0 Å². The van der Waals surface area contributed by atoms with Gasteiger partial charge in [0.15, 0.2) is 5.82 Å². The average molecular weight is 445 g/mol. The molecule has 33 heavy (non-hydrogen) atoms. The van der Waals surface area contributed by atoms with E-state index in [2.05, 4.69) is 29.4 Å². The minimum absolute atomic E-state index is 0.0875. The van der Waals surface area contributed by atoms with Gasteiger partial charge in [0.1, 0.15) is 5.82 Å². The van der Waals surface area contributed by atoms with Gasteiger partial charge in [-0.2, -0.15) is 5.10 Å². The lowest BCUT2D eigenvalue weighted by Crippen LogP contribution is -2.37. The third-order valence-corrected chi connectivity index (χ3v) is 6.36. The Morgan fingerprint density at radius 2 is 1.94 bits per heavy atom. The smallest absolute Gasteiger partial charge is 0.229 e. The molecule has 2 amide bonds. The number of H-pyrrole nitrogens is 1. The van der Waals surface area contributed by atoms with Crippen LogP contribution in [0, 0.1) is 11.8 Å². The molecule has 0 radical (unpaired) electrons. The van der Waals surface area contributed by atoms with E-state index >= 15 is 0 Å². The topological polar surface area (TPSA) is 95.9 Å². The van der Waals surface area contributed by atoms with E-state index < -0.39 is 5.92 Å². The summed E-state index contributed by atoms with van der Waals surface area (Å²) < 4.78 is 2.05. The zero-order chi connectivity index (χ0) is 23.1. The SMILES string of the molecule is CC(C)CC(NC(=O)C1CC(=O)N(c2n[nH]c3ccccc23)C1)c1nc2ccccc2n1C. The molecular weight excluding hydrogens is 416 g/mol. The predicted molar refractivity (Wildman–Crippen MR) is 128 cm³/mol. The Kier molecular flexibility index (Phi) is 5.36. The van der Waals surface area contributed by atoms with Crippen molar-refractivity contribution < 1.29 is 9.59 Å². The van der Waals surface area contributed by atoms with Crippen molar-refractivity contribution in [2.45, 2.75) is 32.7 Å². The number of fused-ring (bicyclic) bond motifs is 2. The van der Waals surface area contributed by atoms with E-state index in [1.165, 1.54) is 0 Å². The summed E-state index contributed by atoms with van der Waals surface area (Å²) in [5.41, 5.74) is 2.81. The van der Waals surface area contributed by atoms with Crippen LogP contribution < -0.4 is 10.2 Å². The molecule has 2 aromatic carbocycles. The van der Waals surface area contributed by atoms with Crippen molar-refractivity contribution in [2.75, 3.05) is 11.4 Å². The molecule has 0 aliphatic carbocycles. The molecule has 1 fully saturated rings. The maximum Gasteiger partial charge on any atom is 0.229 e. The Labute approximate surface area is 192 Å². The van der Waals surface area contributed by atoms with E-state index in [1.807, 2.05) is 60.1 Å². The van der Waals surface area contributed by atoms with Crippen LogP contribution in [0.5, 0.6) is 0 Å². The molecular formula is C25H28N6O2. The molecule has 8 heteroatoms. The van der Waals surface area contributed by atoms with Crippen molar-refractivity contribution >= 4 is 39.6 Å². The van der Waals surface area contributed by atoms with Crippen molar-refractivity contribution in [1.82, 2.24) is 25.1 Å². The maximum absolute atomic E-state index is 13.3. The van der Waals surface area contributed by atoms with Crippen molar-refractivity contribution in [3.05, 3.63) is 54.4 Å². The third-order valence-electron chi connectivity index (χ3n) is 6.36. The van der Waals surface area contributed by atoms with Crippen LogP contribution in [0.15, 0.2) is 48.5 Å². The third kappa shape index (κ3) is 3.86. The molecule has 0 bridgehead atoms. The molecule has 3 heterocycles. The molecule has 4 aromatic rings. The minimum atomic E-state index is -0.433. The van der Waals surface area contributed by atoms with Crippen LogP contribution in [0.2, 0.25) is 0 Å². The predicted octanol–water partition coefficient (Wildman–Crippen LogP) is 3.71. The molecule has 0 spiro atoms. The zero-order valence-corrected chi connectivity index (χ0v) is 19.1. The molecule has 2 N–H and O–H groups in total. The molecule has 1 aliphatic rings. The average Bonchev–Trinajstić information content (AvgIpc) is 3.48. The number of hydrogen-bond acceptors (Lipinski definition) is 4. The number of para-hydroxylation sites is 3. The molecule has 1 saturated heterocycles. The van der Waals surface area contributed by atoms with Crippen molar-refractivity contribution in [3.8, 4) is 0 Å². The maximum atomic E-state index is 13.3. The van der Waals surface area contributed by atoms with Gasteiger partial charge in [0.25, 0.3) is 0 Å². The van der Waals surface area contributed by atoms with E-state index in [1.54, 1.807) is 4.90 Å². The summed E-state index contributed by atoms with van der Waals surface area (Å²) in [6.07, 6.45) is 0.932. The van der Waals surface area contributed by atoms with Gasteiger partial charge in [0, 0.05) is 25.4 Å². The van der Waals surface area contributed by atoms with E-state index in [0.29, 0.717) is 18.3 Å². The number of benzene rings is 2. The summed E-state index contributed by atoms with van der Waals surface area (Å²) in [6.45, 7) is 4.58. The number of amides is 2. The highest BCUT2D eigenvalue weighted by molar-refractivity contribution is 6.05. The van der Waals surface area contributed by atoms with Gasteiger partial charge in [0.2, 0.25) is 11.8 Å². The van der Waals surface area contributed by atoms with Crippen LogP contribution in [-0.4, -0.2) is 38.1 Å². The van der Waals surface area contributed by atoms with E-state index in [4.69, 9.17) is 4.98 Å². The summed E-state index contributed by atoms with van der Waals surface area (Å²) >= 11 is 0. The fraction of sp³-hybridized carbons (Fsp3) is 0.360. The summed E-state index contributed by atoms with van der Waals surface area (Å²) in [4.78, 5) is 32.5. The first-order valence-electron chi connectivity index (χ1n) is 11.4. The molecule has 2 unspecified atom stereocenters. The number of anilines is 1. The first-order chi connectivity index (χ1) is 15.9. The van der Waals surface area contributed by atoms with Crippen molar-refractivity contribution in [1.29, 1.82) is 0 Å². The Morgan fingerprint density at radius 1 is 1.18 bits per heavy atom. The quantitative estimate of drug-likeness (QED) is 0.474. The summed E-state index contributed by atoms with van der Waals surface area (Å²) in [6, 6.07) is 15.4. The van der Waals surface area contributed by atoms with Gasteiger partial charge in [-0.3, -0.25) is 19.6 Å². The van der Waals surface area contributed by atoms with Crippen molar-refractivity contribution in [2.24, 2.45) is 18.9 Å². The van der Waals surface area contributed by atoms with Gasteiger partial charge in [-0.25, -0.2) is 4.98 Å². The second kappa shape index (κ2) is 8.35. The number of carbonyl (C=O) groups is 2. The molecule has 5 rings (SSSR count). The number of aromatic nitrogens is 4. The number of nitrogens with zero attached hydrogens (tertiary/aromatic N) is 4. The van der Waals surface area contributed by atoms with Crippen LogP contribution in [-0.2, 0) is 16.6 Å². The largest absolute Gasteiger partial charge is 0.346 e. The highest BCUT2D eigenvalue weighted by Gasteiger charge is 2.38. The number of imidazole rings is 1. The Bertz CT molecular complexity index is 1340. The zero-order valence-electron chi connectivity index (χ0n) is 19.1. The van der Waals surface area contributed by atoms with Gasteiger partial charge >= 0.3 is 0 Å². The second-order valence-electron chi connectivity index (χ2n) is 9.21. The van der Waals surface area contributed by atoms with E-state index in [-0.39, 0.29) is 24.3 Å². The normalized spacial score (nSPS) is 17.4. The van der Waals surface area contributed by atoms with Gasteiger partial charge in [-0.1, -0.05) is 38.1 Å². The van der Waals surface area contributed by atoms with Gasteiger partial charge in [0.05, 0.1) is 28.5 Å². The second-order valence-corrected chi connectivity index (χ2v) is 9.21. The summed E-state index contributed by atoms with van der Waals surface area (Å²) in [5, 5.41) is 11.4. The lowest BCUT2D eigenvalue weighted by Gasteiger charge is -2.22. The van der Waals surface area contributed by atoms with Crippen LogP contribution in [0.1, 0.15) is 38.6 Å². The van der Waals surface area contributed by atoms with Crippen LogP contribution in [0.25, 0.3) is 21.9 Å². The summed E-state index contributed by atoms with van der Waals surface area (Å²) in [7, 11) is 1.98. The minimum Gasteiger partial charge on any atom is -0.346 e. The fourth-order valence-corrected chi connectivity index (χ4v) is 4.71. The van der Waals surface area contributed by atoms with Crippen molar-refractivity contribution in [3.63, 3.8) is 0 Å².